The van der Waals surface area contributed by atoms with Crippen LogP contribution in [0.2, 0.25) is 6.04 Å². The minimum Gasteiger partial charge on any atom is -0.347 e. The van der Waals surface area contributed by atoms with E-state index in [0.29, 0.717) is 0 Å². The summed E-state index contributed by atoms with van der Waals surface area (Å²) in [5, 5.41) is 7.24. The second-order valence-electron chi connectivity index (χ2n) is 1.52. The van der Waals surface area contributed by atoms with Crippen molar-refractivity contribution in [2.45, 2.75) is 6.04 Å². The molecule has 1 nitrogen and oxygen atoms in total. The zero-order valence-corrected chi connectivity index (χ0v) is 5.02. The lowest BCUT2D eigenvalue weighted by atomic mass is 10.5. The fourth-order valence-corrected chi connectivity index (χ4v) is 1.38. The average molecular weight is 109 g/mol. The van der Waals surface area contributed by atoms with Crippen molar-refractivity contribution in [1.29, 1.82) is 5.05 Å². The molecule has 0 unspecified atom stereocenters. The van der Waals surface area contributed by atoms with Gasteiger partial charge < -0.3 is 5.05 Å². The Bertz CT molecular complexity index is 135. The molecule has 0 bridgehead atoms. The van der Waals surface area contributed by atoms with Crippen molar-refractivity contribution in [3.63, 3.8) is 0 Å². The van der Waals surface area contributed by atoms with Crippen LogP contribution in [0.5, 0.6) is 0 Å². The topological polar surface area (TPSA) is 23.9 Å². The first-order valence-corrected chi connectivity index (χ1v) is 4.08. The summed E-state index contributed by atoms with van der Waals surface area (Å²) in [6.07, 6.45) is 6.02. The molecule has 1 heterocycles. The highest BCUT2D eigenvalue weighted by atomic mass is 28.2. The van der Waals surface area contributed by atoms with Gasteiger partial charge >= 0.3 is 0 Å². The Morgan fingerprint density at radius 3 is 2.57 bits per heavy atom. The van der Waals surface area contributed by atoms with Crippen molar-refractivity contribution < 1.29 is 0 Å². The van der Waals surface area contributed by atoms with Crippen LogP contribution in [0.4, 0.5) is 0 Å². The molecule has 36 valence electrons. The van der Waals surface area contributed by atoms with Gasteiger partial charge in [0.15, 0.2) is 0 Å². The molecule has 0 saturated heterocycles. The second-order valence-corrected chi connectivity index (χ2v) is 3.31. The van der Waals surface area contributed by atoms with Crippen molar-refractivity contribution in [3.8, 4) is 0 Å². The van der Waals surface area contributed by atoms with E-state index < -0.39 is 8.59 Å². The first kappa shape index (κ1) is 4.65. The van der Waals surface area contributed by atoms with Gasteiger partial charge in [0.1, 0.15) is 8.59 Å². The van der Waals surface area contributed by atoms with Crippen LogP contribution in [0, 0.1) is 5.05 Å². The molecule has 2 heteroatoms. The van der Waals surface area contributed by atoms with Crippen LogP contribution in [-0.2, 0) is 0 Å². The molecule has 0 atom stereocenters. The van der Waals surface area contributed by atoms with E-state index in [-0.39, 0.29) is 0 Å². The third kappa shape index (κ3) is 1.20. The first-order valence-electron chi connectivity index (χ1n) is 2.30. The number of hydrogen-bond acceptors (Lipinski definition) is 1. The Morgan fingerprint density at radius 1 is 1.43 bits per heavy atom. The Kier molecular flexibility index (Phi) is 1.31. The van der Waals surface area contributed by atoms with Crippen molar-refractivity contribution >= 4 is 8.59 Å². The largest absolute Gasteiger partial charge is 0.347 e. The zero-order valence-electron chi connectivity index (χ0n) is 4.02. The van der Waals surface area contributed by atoms with E-state index in [1.807, 2.05) is 17.9 Å². The highest BCUT2D eigenvalue weighted by molar-refractivity contribution is 6.51. The number of rotatable bonds is 0. The molecular formula is C5H7NSi. The molecule has 1 rings (SSSR count). The molecule has 1 N–H and O–H groups in total. The third-order valence-electron chi connectivity index (χ3n) is 0.882. The first-order chi connectivity index (χ1) is 3.39. The van der Waals surface area contributed by atoms with E-state index >= 15 is 0 Å². The highest BCUT2D eigenvalue weighted by Crippen LogP contribution is 1.94. The van der Waals surface area contributed by atoms with Crippen molar-refractivity contribution in [1.82, 2.24) is 0 Å². The molecule has 0 aromatic heterocycles. The van der Waals surface area contributed by atoms with Gasteiger partial charge in [-0.15, -0.1) is 0 Å². The summed E-state index contributed by atoms with van der Waals surface area (Å²) in [6.45, 7) is 0. The summed E-state index contributed by atoms with van der Waals surface area (Å²) in [4.78, 5) is 0. The molecule has 0 fully saturated rings. The highest BCUT2D eigenvalue weighted by Gasteiger charge is 1.90. The Hall–Kier alpha value is -0.503. The molecule has 0 spiro atoms. The van der Waals surface area contributed by atoms with Gasteiger partial charge in [-0.05, 0) is 6.04 Å². The van der Waals surface area contributed by atoms with Crippen LogP contribution in [0.3, 0.4) is 0 Å². The molecule has 1 aliphatic heterocycles. The summed E-state index contributed by atoms with van der Waals surface area (Å²) in [5.41, 5.74) is 1.99. The number of nitrogens with one attached hydrogen (secondary N) is 1. The zero-order chi connectivity index (χ0) is 5.11. The van der Waals surface area contributed by atoms with Gasteiger partial charge in [-0.3, -0.25) is 0 Å². The van der Waals surface area contributed by atoms with Crippen LogP contribution in [0.25, 0.3) is 0 Å². The second kappa shape index (κ2) is 1.98. The standard InChI is InChI=1S/C5H7NSi/c6-7-4-2-1-3-5-7/h1-4,6H,5H2. The minimum atomic E-state index is -0.810. The molecule has 0 aromatic carbocycles. The van der Waals surface area contributed by atoms with Crippen molar-refractivity contribution in [2.24, 2.45) is 0 Å². The summed E-state index contributed by atoms with van der Waals surface area (Å²) < 4.78 is 0. The predicted molar refractivity (Wildman–Crippen MR) is 31.6 cm³/mol. The van der Waals surface area contributed by atoms with Crippen LogP contribution in [0.15, 0.2) is 23.9 Å². The molecule has 1 aliphatic rings. The maximum absolute atomic E-state index is 7.24. The Balaban J connectivity index is 2.66. The maximum Gasteiger partial charge on any atom is 0.147 e. The fourth-order valence-electron chi connectivity index (χ4n) is 0.513. The van der Waals surface area contributed by atoms with Crippen LogP contribution in [-0.4, -0.2) is 8.59 Å². The van der Waals surface area contributed by atoms with E-state index in [1.54, 1.807) is 0 Å². The van der Waals surface area contributed by atoms with Crippen molar-refractivity contribution in [3.05, 3.63) is 23.9 Å². The van der Waals surface area contributed by atoms with E-state index in [4.69, 9.17) is 5.05 Å². The Labute approximate surface area is 44.5 Å². The smallest absolute Gasteiger partial charge is 0.147 e. The summed E-state index contributed by atoms with van der Waals surface area (Å²) >= 11 is 0. The lowest BCUT2D eigenvalue weighted by Crippen LogP contribution is -1.91. The Morgan fingerprint density at radius 2 is 2.29 bits per heavy atom. The summed E-state index contributed by atoms with van der Waals surface area (Å²) in [5.74, 6) is 0. The molecule has 0 aliphatic carbocycles. The number of allylic oxidation sites excluding steroid dienone is 3. The third-order valence-corrected chi connectivity index (χ3v) is 2.15. The molecule has 0 amide bonds. The van der Waals surface area contributed by atoms with E-state index in [0.717, 1.165) is 6.04 Å². The van der Waals surface area contributed by atoms with Gasteiger partial charge in [-0.1, -0.05) is 23.9 Å². The lowest BCUT2D eigenvalue weighted by Gasteiger charge is -1.90. The van der Waals surface area contributed by atoms with Gasteiger partial charge in [-0.25, -0.2) is 0 Å². The normalized spacial score (nSPS) is 18.0. The monoisotopic (exact) mass is 109 g/mol. The van der Waals surface area contributed by atoms with Crippen molar-refractivity contribution in [2.75, 3.05) is 0 Å². The number of hydrogen-bond donors (Lipinski definition) is 1. The molecule has 7 heavy (non-hydrogen) atoms. The van der Waals surface area contributed by atoms with E-state index in [2.05, 4.69) is 6.08 Å². The fraction of sp³-hybridized carbons (Fsp3) is 0.200. The van der Waals surface area contributed by atoms with Gasteiger partial charge in [0, 0.05) is 0 Å². The summed E-state index contributed by atoms with van der Waals surface area (Å²) in [7, 11) is -0.810. The molecule has 0 radical (unpaired) electrons. The van der Waals surface area contributed by atoms with Gasteiger partial charge in [0.2, 0.25) is 0 Å². The molecule has 0 saturated carbocycles. The van der Waals surface area contributed by atoms with Gasteiger partial charge in [0.25, 0.3) is 0 Å². The quantitative estimate of drug-likeness (QED) is 0.456. The van der Waals surface area contributed by atoms with Crippen LogP contribution >= 0.6 is 0 Å². The van der Waals surface area contributed by atoms with Gasteiger partial charge in [-0.2, -0.15) is 0 Å². The lowest BCUT2D eigenvalue weighted by molar-refractivity contribution is 1.49. The summed E-state index contributed by atoms with van der Waals surface area (Å²) in [6, 6.07) is 0.987. The maximum atomic E-state index is 7.24. The minimum absolute atomic E-state index is 0.810. The van der Waals surface area contributed by atoms with Gasteiger partial charge in [0.05, 0.1) is 0 Å². The van der Waals surface area contributed by atoms with E-state index in [9.17, 15) is 0 Å². The average Bonchev–Trinajstić information content (AvgIpc) is 1.69. The molecular weight excluding hydrogens is 102 g/mol. The van der Waals surface area contributed by atoms with Crippen LogP contribution < -0.4 is 0 Å². The van der Waals surface area contributed by atoms with E-state index in [1.165, 1.54) is 0 Å². The molecule has 0 aromatic rings. The predicted octanol–water partition coefficient (Wildman–Crippen LogP) is 1.49. The SMILES string of the molecule is N=[Si]1C=CC=CC1. The van der Waals surface area contributed by atoms with Crippen LogP contribution in [0.1, 0.15) is 0 Å².